The molecule has 0 unspecified atom stereocenters. The zero-order valence-corrected chi connectivity index (χ0v) is 9.20. The van der Waals surface area contributed by atoms with Crippen LogP contribution in [0.5, 0.6) is 0 Å². The second kappa shape index (κ2) is 3.95. The number of alkyl halides is 6. The Balaban J connectivity index is 4.74. The Kier molecular flexibility index (Phi) is 4.38. The Labute approximate surface area is 92.9 Å². The van der Waals surface area contributed by atoms with Crippen molar-refractivity contribution in [3.8, 4) is 0 Å². The van der Waals surface area contributed by atoms with E-state index in [-0.39, 0.29) is 0 Å². The lowest BCUT2D eigenvalue weighted by atomic mass is 10.5. The summed E-state index contributed by atoms with van der Waals surface area (Å²) in [7, 11) is 0. The number of halogens is 6. The lowest BCUT2D eigenvalue weighted by molar-refractivity contribution is 0.317. The van der Waals surface area contributed by atoms with Crippen LogP contribution in [0.25, 0.3) is 0 Å². The summed E-state index contributed by atoms with van der Waals surface area (Å²) in [6.45, 7) is 0. The second-order valence-electron chi connectivity index (χ2n) is 1.44. The maximum Gasteiger partial charge on any atom is 0.236 e. The molecule has 0 amide bonds. The third-order valence-corrected chi connectivity index (χ3v) is 1.71. The Morgan fingerprint density at radius 1 is 0.909 bits per heavy atom. The zero-order valence-electron chi connectivity index (χ0n) is 4.66. The van der Waals surface area contributed by atoms with Crippen molar-refractivity contribution in [3.05, 3.63) is 0 Å². The van der Waals surface area contributed by atoms with E-state index in [0.29, 0.717) is 0 Å². The molecule has 0 aliphatic heterocycles. The molecule has 0 aliphatic rings. The van der Waals surface area contributed by atoms with Gasteiger partial charge in [0.2, 0.25) is 7.59 Å². The van der Waals surface area contributed by atoms with E-state index in [1.807, 2.05) is 0 Å². The summed E-state index contributed by atoms with van der Waals surface area (Å²) in [4.78, 5) is 0. The predicted molar refractivity (Wildman–Crippen MR) is 49.8 cm³/mol. The van der Waals surface area contributed by atoms with Gasteiger partial charge in [-0.3, -0.25) is 0 Å². The number of oxime groups is 1. The first-order valence-electron chi connectivity index (χ1n) is 2.06. The van der Waals surface area contributed by atoms with Gasteiger partial charge in [-0.2, -0.15) is 0 Å². The van der Waals surface area contributed by atoms with E-state index in [9.17, 15) is 0 Å². The van der Waals surface area contributed by atoms with Gasteiger partial charge in [0.05, 0.1) is 0 Å². The normalized spacial score (nSPS) is 12.9. The van der Waals surface area contributed by atoms with Gasteiger partial charge >= 0.3 is 0 Å². The van der Waals surface area contributed by atoms with E-state index in [2.05, 4.69) is 5.16 Å². The van der Waals surface area contributed by atoms with Gasteiger partial charge in [-0.05, 0) is 0 Å². The van der Waals surface area contributed by atoms with E-state index in [1.165, 1.54) is 0 Å². The molecule has 66 valence electrons. The summed E-state index contributed by atoms with van der Waals surface area (Å²) >= 11 is 31.6. The molecule has 0 rings (SSSR count). The maximum atomic E-state index is 8.28. The molecular formula is C3HCl6NO. The summed E-state index contributed by atoms with van der Waals surface area (Å²) in [5.74, 6) is 0. The average molecular weight is 280 g/mol. The zero-order chi connectivity index (χ0) is 9.28. The van der Waals surface area contributed by atoms with Crippen molar-refractivity contribution < 1.29 is 5.21 Å². The maximum absolute atomic E-state index is 8.28. The van der Waals surface area contributed by atoms with Gasteiger partial charge in [-0.1, -0.05) is 74.8 Å². The lowest BCUT2D eigenvalue weighted by Crippen LogP contribution is -2.32. The fourth-order valence-electron chi connectivity index (χ4n) is 0.274. The highest BCUT2D eigenvalue weighted by Crippen LogP contribution is 2.40. The van der Waals surface area contributed by atoms with Crippen LogP contribution < -0.4 is 0 Å². The van der Waals surface area contributed by atoms with Crippen molar-refractivity contribution in [2.75, 3.05) is 0 Å². The fourth-order valence-corrected chi connectivity index (χ4v) is 1.79. The van der Waals surface area contributed by atoms with Crippen molar-refractivity contribution in [2.24, 2.45) is 5.16 Å². The highest BCUT2D eigenvalue weighted by atomic mass is 35.6. The fraction of sp³-hybridized carbons (Fsp3) is 0.667. The molecule has 8 heteroatoms. The molecule has 0 saturated carbocycles. The van der Waals surface area contributed by atoms with Crippen LogP contribution in [0, 0.1) is 0 Å². The van der Waals surface area contributed by atoms with E-state index >= 15 is 0 Å². The molecule has 0 aromatic carbocycles. The van der Waals surface area contributed by atoms with Crippen LogP contribution in [0.3, 0.4) is 0 Å². The molecule has 0 aromatic rings. The van der Waals surface area contributed by atoms with Crippen LogP contribution in [0.1, 0.15) is 0 Å². The monoisotopic (exact) mass is 277 g/mol. The molecular weight excluding hydrogens is 279 g/mol. The predicted octanol–water partition coefficient (Wildman–Crippen LogP) is 3.56. The molecule has 0 aliphatic carbocycles. The summed E-state index contributed by atoms with van der Waals surface area (Å²) < 4.78 is -4.06. The first kappa shape index (κ1) is 12.2. The average Bonchev–Trinajstić information content (AvgIpc) is 1.56. The second-order valence-corrected chi connectivity index (χ2v) is 6.01. The summed E-state index contributed by atoms with van der Waals surface area (Å²) in [5, 5.41) is 10.8. The molecule has 0 heterocycles. The highest BCUT2D eigenvalue weighted by Gasteiger charge is 2.43. The molecule has 2 nitrogen and oxygen atoms in total. The third kappa shape index (κ3) is 4.11. The third-order valence-electron chi connectivity index (χ3n) is 0.637. The smallest absolute Gasteiger partial charge is 0.236 e. The lowest BCUT2D eigenvalue weighted by Gasteiger charge is -2.18. The minimum Gasteiger partial charge on any atom is -0.411 e. The molecule has 0 radical (unpaired) electrons. The molecule has 0 spiro atoms. The topological polar surface area (TPSA) is 32.6 Å². The molecule has 0 saturated heterocycles. The number of nitrogens with zero attached hydrogens (tertiary/aromatic N) is 1. The van der Waals surface area contributed by atoms with Crippen LogP contribution >= 0.6 is 69.6 Å². The van der Waals surface area contributed by atoms with Crippen molar-refractivity contribution >= 4 is 75.3 Å². The van der Waals surface area contributed by atoms with Crippen molar-refractivity contribution in [2.45, 2.75) is 7.59 Å². The Morgan fingerprint density at radius 3 is 1.18 bits per heavy atom. The molecule has 0 aromatic heterocycles. The first-order valence-corrected chi connectivity index (χ1v) is 4.33. The van der Waals surface area contributed by atoms with E-state index in [4.69, 9.17) is 74.8 Å². The molecule has 0 fully saturated rings. The van der Waals surface area contributed by atoms with E-state index in [0.717, 1.165) is 0 Å². The largest absolute Gasteiger partial charge is 0.411 e. The molecule has 11 heavy (non-hydrogen) atoms. The van der Waals surface area contributed by atoms with Gasteiger partial charge < -0.3 is 5.21 Å². The Hall–Kier alpha value is 1.21. The van der Waals surface area contributed by atoms with Crippen molar-refractivity contribution in [3.63, 3.8) is 0 Å². The molecule has 0 atom stereocenters. The van der Waals surface area contributed by atoms with Crippen LogP contribution in [-0.2, 0) is 0 Å². The Morgan fingerprint density at radius 2 is 1.18 bits per heavy atom. The van der Waals surface area contributed by atoms with Crippen LogP contribution in [0.15, 0.2) is 5.16 Å². The van der Waals surface area contributed by atoms with Gasteiger partial charge in [-0.25, -0.2) is 0 Å². The number of rotatable bonds is 0. The van der Waals surface area contributed by atoms with Crippen LogP contribution in [-0.4, -0.2) is 18.5 Å². The van der Waals surface area contributed by atoms with Gasteiger partial charge in [-0.15, -0.1) is 0 Å². The van der Waals surface area contributed by atoms with Gasteiger partial charge in [0.1, 0.15) is 0 Å². The number of hydrogen-bond acceptors (Lipinski definition) is 2. The van der Waals surface area contributed by atoms with E-state index < -0.39 is 13.3 Å². The summed E-state index contributed by atoms with van der Waals surface area (Å²) in [6, 6.07) is 0. The number of hydrogen-bond donors (Lipinski definition) is 1. The molecule has 1 N–H and O–H groups in total. The summed E-state index contributed by atoms with van der Waals surface area (Å²) in [6.07, 6.45) is 0. The van der Waals surface area contributed by atoms with E-state index in [1.54, 1.807) is 0 Å². The van der Waals surface area contributed by atoms with Gasteiger partial charge in [0.25, 0.3) is 0 Å². The summed E-state index contributed by atoms with van der Waals surface area (Å²) in [5.41, 5.74) is -0.569. The minimum atomic E-state index is -2.03. The van der Waals surface area contributed by atoms with Crippen LogP contribution in [0.4, 0.5) is 0 Å². The SMILES string of the molecule is ON=C(C(Cl)(Cl)Cl)C(Cl)(Cl)Cl. The highest BCUT2D eigenvalue weighted by molar-refractivity contribution is 6.87. The minimum absolute atomic E-state index is 0.569. The standard InChI is InChI=1S/C3HCl6NO/c4-2(5,6)1(10-11)3(7,8)9/h11H. The van der Waals surface area contributed by atoms with Crippen molar-refractivity contribution in [1.29, 1.82) is 0 Å². The first-order chi connectivity index (χ1) is 4.69. The quantitative estimate of drug-likeness (QED) is 0.313. The molecule has 0 bridgehead atoms. The Bertz CT molecular complexity index is 150. The van der Waals surface area contributed by atoms with Crippen LogP contribution in [0.2, 0.25) is 0 Å². The van der Waals surface area contributed by atoms with Crippen molar-refractivity contribution in [1.82, 2.24) is 0 Å². The van der Waals surface area contributed by atoms with Gasteiger partial charge in [0, 0.05) is 0 Å². The van der Waals surface area contributed by atoms with Gasteiger partial charge in [0.15, 0.2) is 5.71 Å².